The quantitative estimate of drug-likeness (QED) is 0.320. The number of likely N-dealkylation sites (N-methyl/N-ethyl adjacent to an activating group) is 1. The Kier molecular flexibility index (Phi) is 6.98. The van der Waals surface area contributed by atoms with Crippen LogP contribution < -0.4 is 10.3 Å². The Hall–Kier alpha value is -4.23. The number of rotatable bonds is 7. The molecule has 1 aliphatic carbocycles. The smallest absolute Gasteiger partial charge is 0.254 e. The number of aromatic nitrogens is 2. The number of carbonyl (C=O) groups excluding carboxylic acids is 1. The largest absolute Gasteiger partial charge is 0.494 e. The van der Waals surface area contributed by atoms with Crippen molar-refractivity contribution in [3.63, 3.8) is 0 Å². The van der Waals surface area contributed by atoms with Gasteiger partial charge in [-0.05, 0) is 61.2 Å². The molecule has 7 heteroatoms. The monoisotopic (exact) mass is 534 g/mol. The molecule has 0 radical (unpaired) electrons. The first-order chi connectivity index (χ1) is 19.4. The van der Waals surface area contributed by atoms with Gasteiger partial charge in [0.05, 0.1) is 23.9 Å². The van der Waals surface area contributed by atoms with Gasteiger partial charge in [0.2, 0.25) is 5.91 Å². The molecule has 7 nitrogen and oxygen atoms in total. The van der Waals surface area contributed by atoms with Crippen LogP contribution in [0.3, 0.4) is 0 Å². The summed E-state index contributed by atoms with van der Waals surface area (Å²) in [5.74, 6) is 1.00. The number of fused-ring (bicyclic) bond motifs is 2. The maximum absolute atomic E-state index is 12.5. The average molecular weight is 535 g/mol. The zero-order chi connectivity index (χ0) is 27.8. The van der Waals surface area contributed by atoms with E-state index in [9.17, 15) is 9.59 Å². The van der Waals surface area contributed by atoms with Crippen molar-refractivity contribution in [2.75, 3.05) is 33.3 Å². The molecular weight excluding hydrogens is 500 g/mol. The van der Waals surface area contributed by atoms with E-state index in [-0.39, 0.29) is 17.5 Å². The van der Waals surface area contributed by atoms with Crippen LogP contribution in [0.1, 0.15) is 24.5 Å². The third-order valence-electron chi connectivity index (χ3n) is 8.12. The summed E-state index contributed by atoms with van der Waals surface area (Å²) in [7, 11) is 3.68. The number of amides is 1. The number of ether oxygens (including phenoxy) is 1. The summed E-state index contributed by atoms with van der Waals surface area (Å²) in [6.45, 7) is 5.09. The van der Waals surface area contributed by atoms with Crippen LogP contribution >= 0.6 is 0 Å². The molecule has 2 aromatic heterocycles. The van der Waals surface area contributed by atoms with E-state index in [2.05, 4.69) is 41.3 Å². The van der Waals surface area contributed by atoms with Crippen molar-refractivity contribution in [2.24, 2.45) is 7.05 Å². The van der Waals surface area contributed by atoms with Crippen LogP contribution in [-0.4, -0.2) is 64.6 Å². The first kappa shape index (κ1) is 26.0. The molecule has 2 aliphatic rings. The maximum Gasteiger partial charge on any atom is 0.254 e. The average Bonchev–Trinajstić information content (AvgIpc) is 3.47. The molecule has 1 amide bonds. The zero-order valence-corrected chi connectivity index (χ0v) is 23.3. The number of benzene rings is 2. The number of hydrogen-bond acceptors (Lipinski definition) is 5. The van der Waals surface area contributed by atoms with Crippen LogP contribution in [0.25, 0.3) is 39.4 Å². The molecule has 1 atom stereocenters. The fraction of sp³-hybridized carbons (Fsp3) is 0.303. The molecule has 204 valence electrons. The Balaban J connectivity index is 1.15. The van der Waals surface area contributed by atoms with Crippen LogP contribution in [0.5, 0.6) is 5.75 Å². The van der Waals surface area contributed by atoms with Gasteiger partial charge in [0.1, 0.15) is 5.75 Å². The normalized spacial score (nSPS) is 17.0. The minimum Gasteiger partial charge on any atom is -0.494 e. The summed E-state index contributed by atoms with van der Waals surface area (Å²) in [6.07, 6.45) is 7.58. The lowest BCUT2D eigenvalue weighted by atomic mass is 9.98. The maximum atomic E-state index is 12.5. The lowest BCUT2D eigenvalue weighted by molar-refractivity contribution is -0.139. The molecule has 1 fully saturated rings. The molecule has 40 heavy (non-hydrogen) atoms. The van der Waals surface area contributed by atoms with Gasteiger partial charge in [0.25, 0.3) is 5.56 Å². The van der Waals surface area contributed by atoms with Gasteiger partial charge in [-0.15, -0.1) is 0 Å². The number of carbonyl (C=O) groups is 1. The van der Waals surface area contributed by atoms with Gasteiger partial charge in [-0.3, -0.25) is 14.5 Å². The van der Waals surface area contributed by atoms with Gasteiger partial charge in [-0.2, -0.15) is 0 Å². The molecule has 0 spiro atoms. The minimum atomic E-state index is -0.0730. The van der Waals surface area contributed by atoms with E-state index in [4.69, 9.17) is 9.72 Å². The highest BCUT2D eigenvalue weighted by atomic mass is 16.5. The third-order valence-corrected chi connectivity index (χ3v) is 8.12. The van der Waals surface area contributed by atoms with Gasteiger partial charge >= 0.3 is 0 Å². The van der Waals surface area contributed by atoms with E-state index in [1.54, 1.807) is 9.47 Å². The van der Waals surface area contributed by atoms with Crippen molar-refractivity contribution in [2.45, 2.75) is 25.8 Å². The summed E-state index contributed by atoms with van der Waals surface area (Å²) in [5.41, 5.74) is 6.91. The molecule has 3 heterocycles. The molecular formula is C33H34N4O3. The van der Waals surface area contributed by atoms with Crippen LogP contribution in [0.15, 0.2) is 71.7 Å². The zero-order valence-electron chi connectivity index (χ0n) is 23.3. The Bertz CT molecular complexity index is 1690. The van der Waals surface area contributed by atoms with Crippen LogP contribution in [0, 0.1) is 0 Å². The van der Waals surface area contributed by atoms with E-state index < -0.39 is 0 Å². The molecule has 2 aromatic carbocycles. The van der Waals surface area contributed by atoms with Gasteiger partial charge in [0.15, 0.2) is 0 Å². The van der Waals surface area contributed by atoms with Crippen molar-refractivity contribution in [3.8, 4) is 28.1 Å². The highest BCUT2D eigenvalue weighted by molar-refractivity contribution is 5.89. The highest BCUT2D eigenvalue weighted by Crippen LogP contribution is 2.32. The van der Waals surface area contributed by atoms with Gasteiger partial charge < -0.3 is 14.2 Å². The molecule has 0 N–H and O–H groups in total. The molecule has 4 aromatic rings. The van der Waals surface area contributed by atoms with E-state index in [1.807, 2.05) is 57.5 Å². The molecule has 0 saturated carbocycles. The number of aryl methyl sites for hydroxylation is 1. The summed E-state index contributed by atoms with van der Waals surface area (Å²) in [6, 6.07) is 18.4. The topological polar surface area (TPSA) is 67.7 Å². The summed E-state index contributed by atoms with van der Waals surface area (Å²) in [4.78, 5) is 33.7. The van der Waals surface area contributed by atoms with E-state index in [0.29, 0.717) is 13.0 Å². The fourth-order valence-corrected chi connectivity index (χ4v) is 5.74. The second-order valence-electron chi connectivity index (χ2n) is 10.8. The summed E-state index contributed by atoms with van der Waals surface area (Å²) in [5, 5.41) is 1.05. The van der Waals surface area contributed by atoms with E-state index in [1.165, 1.54) is 0 Å². The molecule has 0 unspecified atom stereocenters. The van der Waals surface area contributed by atoms with Crippen molar-refractivity contribution in [1.82, 2.24) is 19.4 Å². The summed E-state index contributed by atoms with van der Waals surface area (Å²) < 4.78 is 7.75. The Morgan fingerprint density at radius 3 is 2.75 bits per heavy atom. The Morgan fingerprint density at radius 1 is 1.00 bits per heavy atom. The predicted molar refractivity (Wildman–Crippen MR) is 159 cm³/mol. The van der Waals surface area contributed by atoms with Crippen LogP contribution in [0.4, 0.5) is 0 Å². The number of pyridine rings is 2. The van der Waals surface area contributed by atoms with Crippen molar-refractivity contribution in [3.05, 3.63) is 88.4 Å². The van der Waals surface area contributed by atoms with E-state index in [0.717, 1.165) is 76.2 Å². The second kappa shape index (κ2) is 10.7. The highest BCUT2D eigenvalue weighted by Gasteiger charge is 2.28. The van der Waals surface area contributed by atoms with Crippen LogP contribution in [0.2, 0.25) is 0 Å². The Morgan fingerprint density at radius 2 is 1.88 bits per heavy atom. The fourth-order valence-electron chi connectivity index (χ4n) is 5.74. The lowest BCUT2D eigenvalue weighted by Gasteiger charge is -2.37. The first-order valence-electron chi connectivity index (χ1n) is 13.9. The predicted octanol–water partition coefficient (Wildman–Crippen LogP) is 4.77. The number of nitrogens with zero attached hydrogens (tertiary/aromatic N) is 4. The van der Waals surface area contributed by atoms with Crippen molar-refractivity contribution < 1.29 is 9.53 Å². The van der Waals surface area contributed by atoms with Gasteiger partial charge in [0, 0.05) is 62.0 Å². The lowest BCUT2D eigenvalue weighted by Crippen LogP contribution is -2.54. The molecule has 1 saturated heterocycles. The van der Waals surface area contributed by atoms with Crippen molar-refractivity contribution in [1.29, 1.82) is 0 Å². The van der Waals surface area contributed by atoms with Crippen molar-refractivity contribution >= 4 is 22.9 Å². The standard InChI is InChI=1S/C33H34N4O3/c1-22-32(38)35(2)16-17-37(22)15-6-18-40-26-8-4-7-24(20-26)30-14-12-25-19-23(11-13-31(25)34-30)29-21-36(3)33(39)28-10-5-9-27(28)29/h4-5,7-9,11-14,19-22H,6,10,15-18H2,1-3H3/t22-/m1/s1. The van der Waals surface area contributed by atoms with Gasteiger partial charge in [-0.25, -0.2) is 4.98 Å². The third kappa shape index (κ3) is 4.93. The minimum absolute atomic E-state index is 0.0724. The number of allylic oxidation sites excluding steroid dienone is 1. The Labute approximate surface area is 234 Å². The van der Waals surface area contributed by atoms with Gasteiger partial charge in [-0.1, -0.05) is 36.4 Å². The summed E-state index contributed by atoms with van der Waals surface area (Å²) >= 11 is 0. The molecule has 6 rings (SSSR count). The number of hydrogen-bond donors (Lipinski definition) is 0. The molecule has 1 aliphatic heterocycles. The molecule has 0 bridgehead atoms. The second-order valence-corrected chi connectivity index (χ2v) is 10.8. The first-order valence-corrected chi connectivity index (χ1v) is 13.9. The van der Waals surface area contributed by atoms with Crippen LogP contribution in [-0.2, 0) is 18.3 Å². The number of piperazine rings is 1. The SMILES string of the molecule is C[C@@H]1C(=O)N(C)CCN1CCCOc1cccc(-c2ccc3cc(-c4cn(C)c(=O)c5c4C=CC5)ccc3n2)c1. The van der Waals surface area contributed by atoms with E-state index >= 15 is 0 Å².